The van der Waals surface area contributed by atoms with Crippen LogP contribution >= 0.6 is 0 Å². The van der Waals surface area contributed by atoms with Gasteiger partial charge in [0.25, 0.3) is 0 Å². The molecule has 1 aliphatic carbocycles. The molecule has 1 aliphatic heterocycles. The van der Waals surface area contributed by atoms with Gasteiger partial charge in [0.2, 0.25) is 10.0 Å². The molecule has 2 aliphatic rings. The fraction of sp³-hybridized carbons (Fsp3) is 0.500. The van der Waals surface area contributed by atoms with Crippen molar-refractivity contribution >= 4 is 10.0 Å². The van der Waals surface area contributed by atoms with Crippen molar-refractivity contribution in [1.29, 1.82) is 0 Å². The molecule has 1 saturated heterocycles. The van der Waals surface area contributed by atoms with Crippen molar-refractivity contribution in [3.05, 3.63) is 48.3 Å². The van der Waals surface area contributed by atoms with Crippen molar-refractivity contribution in [2.24, 2.45) is 0 Å². The number of hydrogen-bond acceptors (Lipinski definition) is 4. The smallest absolute Gasteiger partial charge is 0.216 e. The Bertz CT molecular complexity index is 807. The number of sulfonamides is 1. The third-order valence-corrected chi connectivity index (χ3v) is 7.40. The average molecular weight is 360 g/mol. The van der Waals surface area contributed by atoms with Gasteiger partial charge in [0.15, 0.2) is 0 Å². The quantitative estimate of drug-likeness (QED) is 0.855. The van der Waals surface area contributed by atoms with Crippen LogP contribution in [-0.2, 0) is 16.6 Å². The SMILES string of the molecule is O=S(=O)(C1CC1)N1CCC(NCc2ccn(-c3ccccc3)n2)CC1. The van der Waals surface area contributed by atoms with Gasteiger partial charge in [-0.05, 0) is 43.9 Å². The van der Waals surface area contributed by atoms with E-state index < -0.39 is 10.0 Å². The summed E-state index contributed by atoms with van der Waals surface area (Å²) in [5, 5.41) is 8.02. The maximum atomic E-state index is 12.3. The van der Waals surface area contributed by atoms with Crippen LogP contribution in [0.15, 0.2) is 42.6 Å². The lowest BCUT2D eigenvalue weighted by atomic mass is 10.1. The topological polar surface area (TPSA) is 67.2 Å². The molecule has 2 fully saturated rings. The summed E-state index contributed by atoms with van der Waals surface area (Å²) in [6, 6.07) is 12.4. The number of para-hydroxylation sites is 1. The predicted octanol–water partition coefficient (Wildman–Crippen LogP) is 1.92. The monoisotopic (exact) mass is 360 g/mol. The molecule has 1 saturated carbocycles. The highest BCUT2D eigenvalue weighted by Crippen LogP contribution is 2.32. The van der Waals surface area contributed by atoms with Crippen LogP contribution in [0.4, 0.5) is 0 Å². The van der Waals surface area contributed by atoms with Gasteiger partial charge in [0, 0.05) is 31.9 Å². The lowest BCUT2D eigenvalue weighted by Crippen LogP contribution is -2.45. The largest absolute Gasteiger partial charge is 0.308 e. The van der Waals surface area contributed by atoms with E-state index in [9.17, 15) is 8.42 Å². The third kappa shape index (κ3) is 3.78. The van der Waals surface area contributed by atoms with Gasteiger partial charge in [0.05, 0.1) is 16.6 Å². The van der Waals surface area contributed by atoms with Gasteiger partial charge in [-0.2, -0.15) is 5.10 Å². The molecule has 1 aromatic carbocycles. The van der Waals surface area contributed by atoms with Gasteiger partial charge < -0.3 is 5.32 Å². The summed E-state index contributed by atoms with van der Waals surface area (Å²) in [4.78, 5) is 0. The summed E-state index contributed by atoms with van der Waals surface area (Å²) in [6.45, 7) is 1.98. The minimum atomic E-state index is -3.02. The average Bonchev–Trinajstić information content (AvgIpc) is 3.41. The van der Waals surface area contributed by atoms with E-state index in [1.54, 1.807) is 4.31 Å². The van der Waals surface area contributed by atoms with Crippen LogP contribution < -0.4 is 5.32 Å². The summed E-state index contributed by atoms with van der Waals surface area (Å²) >= 11 is 0. The Kier molecular flexibility index (Phi) is 4.62. The first kappa shape index (κ1) is 16.8. The molecule has 1 N–H and O–H groups in total. The van der Waals surface area contributed by atoms with E-state index in [2.05, 4.69) is 10.4 Å². The van der Waals surface area contributed by atoms with E-state index in [4.69, 9.17) is 0 Å². The molecule has 0 spiro atoms. The Balaban J connectivity index is 1.28. The molecule has 6 nitrogen and oxygen atoms in total. The first-order valence-electron chi connectivity index (χ1n) is 8.95. The van der Waals surface area contributed by atoms with E-state index in [-0.39, 0.29) is 5.25 Å². The number of hydrogen-bond donors (Lipinski definition) is 1. The number of nitrogens with zero attached hydrogens (tertiary/aromatic N) is 3. The molecule has 0 atom stereocenters. The van der Waals surface area contributed by atoms with E-state index in [0.29, 0.717) is 25.7 Å². The molecule has 2 aromatic rings. The highest BCUT2D eigenvalue weighted by Gasteiger charge is 2.41. The van der Waals surface area contributed by atoms with Gasteiger partial charge in [-0.25, -0.2) is 17.4 Å². The van der Waals surface area contributed by atoms with Crippen LogP contribution in [0.1, 0.15) is 31.4 Å². The van der Waals surface area contributed by atoms with Crippen molar-refractivity contribution < 1.29 is 8.42 Å². The van der Waals surface area contributed by atoms with Crippen LogP contribution in [0.5, 0.6) is 0 Å². The molecule has 0 unspecified atom stereocenters. The second kappa shape index (κ2) is 6.90. The normalized spacial score (nSPS) is 20.0. The van der Waals surface area contributed by atoms with E-state index in [1.165, 1.54) is 0 Å². The Morgan fingerprint density at radius 3 is 2.44 bits per heavy atom. The number of nitrogens with one attached hydrogen (secondary N) is 1. The molecule has 134 valence electrons. The number of piperidine rings is 1. The van der Waals surface area contributed by atoms with E-state index >= 15 is 0 Å². The molecule has 2 heterocycles. The number of aromatic nitrogens is 2. The van der Waals surface area contributed by atoms with Crippen molar-refractivity contribution in [3.8, 4) is 5.69 Å². The first-order valence-corrected chi connectivity index (χ1v) is 10.5. The van der Waals surface area contributed by atoms with Crippen molar-refractivity contribution in [3.63, 3.8) is 0 Å². The van der Waals surface area contributed by atoms with Crippen molar-refractivity contribution in [2.75, 3.05) is 13.1 Å². The fourth-order valence-electron chi connectivity index (χ4n) is 3.32. The zero-order chi connectivity index (χ0) is 17.3. The van der Waals surface area contributed by atoms with Gasteiger partial charge in [-0.3, -0.25) is 0 Å². The standard InChI is InChI=1S/C18H24N4O2S/c23-25(24,18-6-7-18)21-11-8-15(9-12-21)19-14-16-10-13-22(20-16)17-4-2-1-3-5-17/h1-5,10,13,15,18-19H,6-9,11-12,14H2. The van der Waals surface area contributed by atoms with Crippen LogP contribution in [0.2, 0.25) is 0 Å². The first-order chi connectivity index (χ1) is 12.1. The van der Waals surface area contributed by atoms with Gasteiger partial charge in [0.1, 0.15) is 0 Å². The summed E-state index contributed by atoms with van der Waals surface area (Å²) < 4.78 is 28.1. The Labute approximate surface area is 148 Å². The molecule has 1 aromatic heterocycles. The third-order valence-electron chi connectivity index (χ3n) is 5.00. The van der Waals surface area contributed by atoms with Gasteiger partial charge in [-0.15, -0.1) is 0 Å². The summed E-state index contributed by atoms with van der Waals surface area (Å²) in [7, 11) is -3.02. The highest BCUT2D eigenvalue weighted by atomic mass is 32.2. The minimum Gasteiger partial charge on any atom is -0.308 e. The summed E-state index contributed by atoms with van der Waals surface area (Å²) in [6.07, 6.45) is 5.38. The molecule has 25 heavy (non-hydrogen) atoms. The Hall–Kier alpha value is -1.70. The second-order valence-electron chi connectivity index (χ2n) is 6.89. The lowest BCUT2D eigenvalue weighted by Gasteiger charge is -2.31. The Morgan fingerprint density at radius 1 is 1.04 bits per heavy atom. The van der Waals surface area contributed by atoms with E-state index in [1.807, 2.05) is 47.3 Å². The molecule has 4 rings (SSSR count). The van der Waals surface area contributed by atoms with Gasteiger partial charge in [-0.1, -0.05) is 18.2 Å². The molecular weight excluding hydrogens is 336 g/mol. The molecule has 0 amide bonds. The maximum absolute atomic E-state index is 12.3. The van der Waals surface area contributed by atoms with Crippen molar-refractivity contribution in [2.45, 2.75) is 43.5 Å². The molecule has 7 heteroatoms. The van der Waals surface area contributed by atoms with Crippen molar-refractivity contribution in [1.82, 2.24) is 19.4 Å². The fourth-order valence-corrected chi connectivity index (χ4v) is 5.19. The zero-order valence-corrected chi connectivity index (χ0v) is 15.0. The van der Waals surface area contributed by atoms with Crippen LogP contribution in [0, 0.1) is 0 Å². The zero-order valence-electron chi connectivity index (χ0n) is 14.2. The van der Waals surface area contributed by atoms with Crippen LogP contribution in [0.25, 0.3) is 5.69 Å². The van der Waals surface area contributed by atoms with E-state index in [0.717, 1.165) is 37.1 Å². The highest BCUT2D eigenvalue weighted by molar-refractivity contribution is 7.90. The van der Waals surface area contributed by atoms with Gasteiger partial charge >= 0.3 is 0 Å². The second-order valence-corrected chi connectivity index (χ2v) is 9.10. The van der Waals surface area contributed by atoms with Crippen LogP contribution in [0.3, 0.4) is 0 Å². The molecule has 0 radical (unpaired) electrons. The number of rotatable bonds is 6. The lowest BCUT2D eigenvalue weighted by molar-refractivity contribution is 0.287. The predicted molar refractivity (Wildman–Crippen MR) is 96.9 cm³/mol. The Morgan fingerprint density at radius 2 is 1.76 bits per heavy atom. The minimum absolute atomic E-state index is 0.0982. The van der Waals surface area contributed by atoms with Crippen LogP contribution in [-0.4, -0.2) is 46.9 Å². The summed E-state index contributed by atoms with van der Waals surface area (Å²) in [5.41, 5.74) is 2.05. The molecular formula is C18H24N4O2S. The summed E-state index contributed by atoms with van der Waals surface area (Å²) in [5.74, 6) is 0. The number of benzene rings is 1. The molecule has 0 bridgehead atoms. The maximum Gasteiger partial charge on any atom is 0.216 e.